The minimum atomic E-state index is -1.04. The van der Waals surface area contributed by atoms with Crippen LogP contribution in [0.2, 0.25) is 0 Å². The van der Waals surface area contributed by atoms with Gasteiger partial charge in [-0.15, -0.1) is 0 Å². The van der Waals surface area contributed by atoms with Crippen LogP contribution < -0.4 is 21.3 Å². The minimum Gasteiger partial charge on any atom is -0.444 e. The van der Waals surface area contributed by atoms with Gasteiger partial charge in [0, 0.05) is 6.54 Å². The topological polar surface area (TPSA) is 167 Å². The molecule has 56 heavy (non-hydrogen) atoms. The Morgan fingerprint density at radius 3 is 1.43 bits per heavy atom. The summed E-state index contributed by atoms with van der Waals surface area (Å²) in [6, 6.07) is 44.0. The summed E-state index contributed by atoms with van der Waals surface area (Å²) in [5, 5.41) is 20.9. The van der Waals surface area contributed by atoms with Crippen molar-refractivity contribution in [1.29, 1.82) is 0 Å². The molecule has 0 aliphatic rings. The van der Waals surface area contributed by atoms with Crippen LogP contribution in [0, 0.1) is 0 Å². The van der Waals surface area contributed by atoms with Crippen LogP contribution in [0.15, 0.2) is 157 Å². The summed E-state index contributed by atoms with van der Waals surface area (Å²) in [5.41, 5.74) is 3.72. The molecule has 0 bridgehead atoms. The van der Waals surface area contributed by atoms with E-state index < -0.39 is 42.0 Å². The van der Waals surface area contributed by atoms with E-state index in [1.165, 1.54) is 0 Å². The second kappa shape index (κ2) is 21.8. The predicted octanol–water partition coefficient (Wildman–Crippen LogP) is 6.14. The van der Waals surface area contributed by atoms with Gasteiger partial charge in [-0.05, 0) is 40.7 Å². The average molecular weight is 756 g/mol. The van der Waals surface area contributed by atoms with Crippen LogP contribution in [0.3, 0.4) is 0 Å². The number of aliphatic hydroxyl groups excluding tert-OH is 1. The lowest BCUT2D eigenvalue weighted by atomic mass is 9.90. The van der Waals surface area contributed by atoms with Crippen molar-refractivity contribution in [2.24, 2.45) is 4.99 Å². The third-order valence-electron chi connectivity index (χ3n) is 8.65. The van der Waals surface area contributed by atoms with Gasteiger partial charge < -0.3 is 25.2 Å². The van der Waals surface area contributed by atoms with Crippen LogP contribution in [-0.2, 0) is 32.3 Å². The molecule has 12 nitrogen and oxygen atoms in total. The number of aliphatic hydroxyl groups is 1. The fraction of sp³-hybridized carbons (Fsp3) is 0.205. The number of ether oxygens (including phenoxy) is 2. The molecule has 0 aromatic heterocycles. The lowest BCUT2D eigenvalue weighted by Gasteiger charge is -2.25. The van der Waals surface area contributed by atoms with Gasteiger partial charge in [0.25, 0.3) is 0 Å². The molecule has 0 fully saturated rings. The van der Waals surface area contributed by atoms with E-state index in [0.717, 1.165) is 22.3 Å². The number of carbonyl (C=O) groups is 4. The summed E-state index contributed by atoms with van der Waals surface area (Å²) < 4.78 is 10.6. The number of alkyl carbamates (subject to hydrolysis) is 2. The number of amides is 4. The van der Waals surface area contributed by atoms with Gasteiger partial charge in [0.05, 0.1) is 18.6 Å². The number of nitrogens with one attached hydrogen (secondary N) is 4. The zero-order valence-corrected chi connectivity index (χ0v) is 30.8. The predicted molar refractivity (Wildman–Crippen MR) is 212 cm³/mol. The van der Waals surface area contributed by atoms with Crippen molar-refractivity contribution in [3.8, 4) is 0 Å². The fourth-order valence-corrected chi connectivity index (χ4v) is 5.81. The summed E-state index contributed by atoms with van der Waals surface area (Å²) in [6.07, 6.45) is -1.36. The molecule has 0 aliphatic heterocycles. The number of rotatable bonds is 16. The highest BCUT2D eigenvalue weighted by Crippen LogP contribution is 2.25. The standard InChI is InChI=1S/C44H45N5O7/c50-29-38(34-21-10-3-11-22-34)47-40(51)37(46-41(52)39(35-23-12-4-13-24-35)36-25-14-5-15-26-36)27-16-28-45-42(48-43(53)55-30-32-17-6-1-7-18-32)49-44(54)56-31-33-19-8-2-9-20-33/h1-15,17-26,37-39,50H,16,27-31H2,(H,46,52)(H,47,51)(H2,45,48,49,53,54)/t37-,38+/m1/s1. The number of hydrogen-bond acceptors (Lipinski definition) is 8. The van der Waals surface area contributed by atoms with Crippen molar-refractivity contribution in [3.63, 3.8) is 0 Å². The highest BCUT2D eigenvalue weighted by Gasteiger charge is 2.29. The summed E-state index contributed by atoms with van der Waals surface area (Å²) >= 11 is 0. The molecule has 288 valence electrons. The van der Waals surface area contributed by atoms with Gasteiger partial charge in [-0.2, -0.15) is 0 Å². The SMILES string of the molecule is O=C(NC(=NCCC[C@@H](NC(=O)C(c1ccccc1)c1ccccc1)C(=O)N[C@@H](CO)c1ccccc1)NC(=O)OCc1ccccc1)OCc1ccccc1. The van der Waals surface area contributed by atoms with Crippen molar-refractivity contribution < 1.29 is 33.8 Å². The number of hydrogen-bond donors (Lipinski definition) is 5. The lowest BCUT2D eigenvalue weighted by Crippen LogP contribution is -2.49. The van der Waals surface area contributed by atoms with Crippen molar-refractivity contribution in [2.75, 3.05) is 13.2 Å². The van der Waals surface area contributed by atoms with E-state index in [1.807, 2.05) is 103 Å². The van der Waals surface area contributed by atoms with Crippen molar-refractivity contribution in [3.05, 3.63) is 179 Å². The maximum atomic E-state index is 14.1. The molecule has 0 saturated carbocycles. The van der Waals surface area contributed by atoms with Gasteiger partial charge in [-0.1, -0.05) is 152 Å². The highest BCUT2D eigenvalue weighted by atomic mass is 16.6. The molecule has 0 unspecified atom stereocenters. The number of aliphatic imine (C=N–C) groups is 1. The van der Waals surface area contributed by atoms with E-state index in [0.29, 0.717) is 5.56 Å². The molecule has 5 rings (SSSR count). The number of nitrogens with zero attached hydrogens (tertiary/aromatic N) is 1. The lowest BCUT2D eigenvalue weighted by molar-refractivity contribution is -0.130. The molecular formula is C44H45N5O7. The molecule has 2 atom stereocenters. The van der Waals surface area contributed by atoms with Crippen molar-refractivity contribution in [1.82, 2.24) is 21.3 Å². The van der Waals surface area contributed by atoms with Crippen molar-refractivity contribution >= 4 is 30.0 Å². The monoisotopic (exact) mass is 755 g/mol. The molecule has 12 heteroatoms. The maximum absolute atomic E-state index is 14.1. The van der Waals surface area contributed by atoms with E-state index in [2.05, 4.69) is 26.3 Å². The van der Waals surface area contributed by atoms with E-state index in [9.17, 15) is 24.3 Å². The smallest absolute Gasteiger partial charge is 0.414 e. The van der Waals surface area contributed by atoms with E-state index in [-0.39, 0.29) is 45.2 Å². The Hall–Kier alpha value is -6.79. The number of benzene rings is 5. The Balaban J connectivity index is 1.31. The zero-order chi connectivity index (χ0) is 39.4. The van der Waals surface area contributed by atoms with Crippen LogP contribution in [0.25, 0.3) is 0 Å². The van der Waals surface area contributed by atoms with Gasteiger partial charge >= 0.3 is 12.2 Å². The summed E-state index contributed by atoms with van der Waals surface area (Å²) in [7, 11) is 0. The molecule has 0 heterocycles. The quantitative estimate of drug-likeness (QED) is 0.0458. The highest BCUT2D eigenvalue weighted by molar-refractivity contribution is 6.01. The molecule has 0 radical (unpaired) electrons. The first-order chi connectivity index (χ1) is 27.4. The van der Waals surface area contributed by atoms with Gasteiger partial charge in [0.2, 0.25) is 17.8 Å². The Bertz CT molecular complexity index is 1900. The van der Waals surface area contributed by atoms with Crippen LogP contribution in [0.4, 0.5) is 9.59 Å². The van der Waals surface area contributed by atoms with Crippen LogP contribution in [0.5, 0.6) is 0 Å². The summed E-state index contributed by atoms with van der Waals surface area (Å²) in [4.78, 5) is 57.9. The third-order valence-corrected chi connectivity index (χ3v) is 8.65. The largest absolute Gasteiger partial charge is 0.444 e. The summed E-state index contributed by atoms with van der Waals surface area (Å²) in [5.74, 6) is -1.82. The second-order valence-corrected chi connectivity index (χ2v) is 12.7. The van der Waals surface area contributed by atoms with E-state index in [4.69, 9.17) is 9.47 Å². The van der Waals surface area contributed by atoms with E-state index >= 15 is 0 Å². The maximum Gasteiger partial charge on any atom is 0.414 e. The first-order valence-electron chi connectivity index (χ1n) is 18.3. The molecule has 5 N–H and O–H groups in total. The molecule has 4 amide bonds. The first kappa shape index (κ1) is 40.4. The van der Waals surface area contributed by atoms with Gasteiger partial charge in [0.1, 0.15) is 19.3 Å². The Morgan fingerprint density at radius 2 is 0.982 bits per heavy atom. The number of guanidine groups is 1. The summed E-state index contributed by atoms with van der Waals surface area (Å²) in [6.45, 7) is -0.367. The van der Waals surface area contributed by atoms with Crippen LogP contribution in [0.1, 0.15) is 52.6 Å². The fourth-order valence-electron chi connectivity index (χ4n) is 5.81. The van der Waals surface area contributed by atoms with Crippen LogP contribution >= 0.6 is 0 Å². The zero-order valence-electron chi connectivity index (χ0n) is 30.8. The molecule has 5 aromatic rings. The Kier molecular flexibility index (Phi) is 15.7. The molecule has 0 saturated heterocycles. The number of carbonyl (C=O) groups excluding carboxylic acids is 4. The van der Waals surface area contributed by atoms with Crippen LogP contribution in [-0.4, -0.2) is 54.3 Å². The Morgan fingerprint density at radius 1 is 0.554 bits per heavy atom. The second-order valence-electron chi connectivity index (χ2n) is 12.7. The third kappa shape index (κ3) is 13.0. The van der Waals surface area contributed by atoms with Gasteiger partial charge in [-0.3, -0.25) is 25.2 Å². The molecule has 0 spiro atoms. The molecule has 5 aromatic carbocycles. The first-order valence-corrected chi connectivity index (χ1v) is 18.3. The van der Waals surface area contributed by atoms with E-state index in [1.54, 1.807) is 48.5 Å². The van der Waals surface area contributed by atoms with Crippen molar-refractivity contribution in [2.45, 2.75) is 44.1 Å². The molecular weight excluding hydrogens is 711 g/mol. The van der Waals surface area contributed by atoms with Gasteiger partial charge in [0.15, 0.2) is 0 Å². The van der Waals surface area contributed by atoms with Gasteiger partial charge in [-0.25, -0.2) is 9.59 Å². The average Bonchev–Trinajstić information content (AvgIpc) is 3.24. The molecule has 0 aliphatic carbocycles. The Labute approximate surface area is 326 Å². The normalized spacial score (nSPS) is 11.7. The minimum absolute atomic E-state index is 0.0142.